The number of aryl methyl sites for hydroxylation is 1. The summed E-state index contributed by atoms with van der Waals surface area (Å²) < 4.78 is 24.4. The molecule has 6 atom stereocenters. The van der Waals surface area contributed by atoms with Crippen molar-refractivity contribution in [2.24, 2.45) is 29.6 Å². The summed E-state index contributed by atoms with van der Waals surface area (Å²) in [6.07, 6.45) is 39.4. The minimum atomic E-state index is -0.947. The Hall–Kier alpha value is -15.1. The van der Waals surface area contributed by atoms with Gasteiger partial charge in [0.15, 0.2) is 0 Å². The van der Waals surface area contributed by atoms with Crippen LogP contribution in [0.25, 0.3) is 48.6 Å². The molecule has 0 amide bonds. The molecule has 11 aliphatic carbocycles. The summed E-state index contributed by atoms with van der Waals surface area (Å²) in [5, 5.41) is 96.6. The third-order valence-electron chi connectivity index (χ3n) is 27.5. The molecule has 147 heavy (non-hydrogen) atoms. The van der Waals surface area contributed by atoms with E-state index < -0.39 is 54.4 Å². The van der Waals surface area contributed by atoms with Gasteiger partial charge >= 0.3 is 47.8 Å². The first-order chi connectivity index (χ1) is 70.6. The van der Waals surface area contributed by atoms with Gasteiger partial charge in [-0.05, 0) is 338 Å². The third-order valence-corrected chi connectivity index (χ3v) is 27.5. The van der Waals surface area contributed by atoms with Crippen molar-refractivity contribution >= 4 is 96.4 Å². The Labute approximate surface area is 851 Å². The second-order valence-corrected chi connectivity index (χ2v) is 38.6. The molecule has 3 fully saturated rings. The Bertz CT molecular complexity index is 6800. The van der Waals surface area contributed by atoms with Gasteiger partial charge in [-0.2, -0.15) is 0 Å². The zero-order valence-corrected chi connectivity index (χ0v) is 83.9. The first kappa shape index (κ1) is 108. The van der Waals surface area contributed by atoms with Crippen molar-refractivity contribution < 1.29 is 113 Å². The molecule has 0 aliphatic heterocycles. The molecule has 764 valence electrons. The van der Waals surface area contributed by atoms with E-state index in [1.165, 1.54) is 100 Å². The molecule has 21 rings (SSSR count). The average molecular weight is 2000 g/mol. The highest BCUT2D eigenvalue weighted by molar-refractivity contribution is 5.97. The van der Waals surface area contributed by atoms with Crippen LogP contribution in [-0.2, 0) is 83.2 Å². The van der Waals surface area contributed by atoms with E-state index in [2.05, 4.69) is 77.1 Å². The monoisotopic (exact) mass is 1990 g/mol. The molecule has 2 aromatic carbocycles. The van der Waals surface area contributed by atoms with Crippen molar-refractivity contribution in [2.45, 2.75) is 194 Å². The van der Waals surface area contributed by atoms with E-state index in [1.807, 2.05) is 89.3 Å². The van der Waals surface area contributed by atoms with Gasteiger partial charge in [0.1, 0.15) is 5.75 Å². The van der Waals surface area contributed by atoms with Crippen LogP contribution in [0.15, 0.2) is 191 Å². The summed E-state index contributed by atoms with van der Waals surface area (Å²) in [5.74, 6) is -2.54. The van der Waals surface area contributed by atoms with Crippen LogP contribution in [-0.4, -0.2) is 211 Å². The summed E-state index contributed by atoms with van der Waals surface area (Å²) in [7, 11) is 7.16. The number of ether oxygens (including phenoxy) is 5. The Balaban J connectivity index is 0.000000133. The first-order valence-electron chi connectivity index (χ1n) is 49.1. The number of benzene rings is 2. The molecule has 10 aromatic rings. The SMILES string of the molecule is CC(C)C(O)C1=Cc2nccc(C(=O)O)c2C1.CCC(O)C1=Cc2nccc(C(=O)O)c2C1.COC(=O)c1ccnc2c1CC(C(O)C(C)C)=C2.COC(=O)c1ccnc2c1CC(C(O)C1CC1)=C2.COC(=O)c1ccnc2c1CC(C(O)CC1CC1)=C2.COC(=O)c1ccnc2c1CC(Cc1cccc(C)c1)=C2.COc1cccc(CC2=Cc3nccc(C(=O)O)c3C2)c1.O=C(O)c1ccnc2c1CC(C(O)C1CC1)=C2. The minimum absolute atomic E-state index is 0.115. The van der Waals surface area contributed by atoms with Crippen molar-refractivity contribution in [1.82, 2.24) is 39.9 Å². The summed E-state index contributed by atoms with van der Waals surface area (Å²) in [6, 6.07) is 29.2. The highest BCUT2D eigenvalue weighted by Gasteiger charge is 2.39. The zero-order chi connectivity index (χ0) is 105. The minimum Gasteiger partial charge on any atom is -0.497 e. The number of rotatable bonds is 26. The number of fused-ring (bicyclic) bond motifs is 8. The number of aliphatic hydroxyl groups excluding tert-OH is 6. The van der Waals surface area contributed by atoms with E-state index in [1.54, 1.807) is 80.6 Å². The van der Waals surface area contributed by atoms with Gasteiger partial charge in [0, 0.05) is 49.6 Å². The number of nitrogens with zero attached hydrogens (tertiary/aromatic N) is 8. The van der Waals surface area contributed by atoms with Gasteiger partial charge in [-0.1, -0.05) is 101 Å². The van der Waals surface area contributed by atoms with E-state index in [9.17, 15) is 74.1 Å². The number of methoxy groups -OCH3 is 5. The predicted molar refractivity (Wildman–Crippen MR) is 551 cm³/mol. The standard InChI is InChI=1S/C18H17NO2.C17H15NO3.C15H17NO3.C14H15NO3.C14H17NO3.C13H13NO3.C13H15NO3.C12H13NO3/c1-12-4-3-5-13(8-12)9-14-10-16-15(18(20)21-2)6-7-19-17(16)11-14;1-21-13-4-2-3-11(8-13)7-12-9-15-14(17(19)20)5-6-18-16(15)10-12;1-19-15(18)11-4-5-16-13-8-10(7-12(11)13)14(17)6-9-2-3-9;1-18-14(17)10-4-5-15-12-7-9(6-11(10)12)13(16)8-2-3-8;1-8(2)13(16)9-6-11-10(14(17)18-3)4-5-15-12(11)7-9;15-12(7-1-2-7)8-5-10-9(13(16)17)3-4-14-11(10)6-8;1-7(2)12(15)8-5-10-9(13(16)17)3-4-14-11(10)6-8;1-2-11(14)7-5-9-8(12(15)16)3-4-13-10(9)6-7/h3-8,11H,9-10H2,1-2H3;2-6,8,10H,7,9H2,1H3,(H,19,20);4-5,8-9,14,17H,2-3,6-7H2,1H3;4-5,7-8,13,16H,2-3,6H2,1H3;4-5,7-8,13,16H,6H2,1-3H3;3-4,6-7,12,15H,1-2,5H2,(H,16,17);3-4,6-7,12,15H,5H2,1-2H3,(H,16,17);3-4,6,11,14H,2,5H2,1H3,(H,15,16). The van der Waals surface area contributed by atoms with Crippen LogP contribution < -0.4 is 4.74 Å². The van der Waals surface area contributed by atoms with Crippen LogP contribution in [0.5, 0.6) is 5.75 Å². The first-order valence-corrected chi connectivity index (χ1v) is 49.1. The quantitative estimate of drug-likeness (QED) is 0.0178. The molecular weight excluding hydrogens is 1870 g/mol. The van der Waals surface area contributed by atoms with E-state index in [4.69, 9.17) is 39.0 Å². The number of carboxylic acids is 4. The normalized spacial score (nSPS) is 16.0. The number of aromatic carboxylic acids is 4. The molecular formula is C116H122N8O23. The van der Waals surface area contributed by atoms with Gasteiger partial charge in [-0.3, -0.25) is 39.9 Å². The number of carboxylic acid groups (broad SMARTS) is 4. The second-order valence-electron chi connectivity index (χ2n) is 38.6. The van der Waals surface area contributed by atoms with Crippen molar-refractivity contribution in [3.05, 3.63) is 342 Å². The molecule has 6 unspecified atom stereocenters. The fourth-order valence-corrected chi connectivity index (χ4v) is 19.0. The number of carbonyl (C=O) groups is 8. The van der Waals surface area contributed by atoms with E-state index in [-0.39, 0.29) is 52.9 Å². The number of hydrogen-bond acceptors (Lipinski definition) is 27. The molecule has 0 radical (unpaired) electrons. The van der Waals surface area contributed by atoms with E-state index in [0.717, 1.165) is 158 Å². The van der Waals surface area contributed by atoms with Crippen LogP contribution in [0.1, 0.15) is 276 Å². The fraction of sp³-hybridized carbons (Fsp3) is 0.345. The smallest absolute Gasteiger partial charge is 0.338 e. The molecule has 8 heterocycles. The van der Waals surface area contributed by atoms with Gasteiger partial charge in [0.2, 0.25) is 0 Å². The van der Waals surface area contributed by atoms with Crippen molar-refractivity contribution in [2.75, 3.05) is 35.5 Å². The van der Waals surface area contributed by atoms with Crippen molar-refractivity contribution in [1.29, 1.82) is 0 Å². The molecule has 31 nitrogen and oxygen atoms in total. The molecule has 0 saturated heterocycles. The lowest BCUT2D eigenvalue weighted by atomic mass is 9.96. The molecule has 31 heteroatoms. The highest BCUT2D eigenvalue weighted by Crippen LogP contribution is 2.44. The summed E-state index contributed by atoms with van der Waals surface area (Å²) in [5.41, 5.74) is 27.6. The second kappa shape index (κ2) is 48.7. The highest BCUT2D eigenvalue weighted by atomic mass is 16.5. The van der Waals surface area contributed by atoms with Crippen LogP contribution in [0, 0.1) is 36.5 Å². The lowest BCUT2D eigenvalue weighted by Crippen LogP contribution is -2.18. The number of aromatic nitrogens is 8. The number of carbonyl (C=O) groups excluding carboxylic acids is 4. The number of esters is 4. The van der Waals surface area contributed by atoms with E-state index >= 15 is 0 Å². The predicted octanol–water partition coefficient (Wildman–Crippen LogP) is 16.4. The molecule has 0 spiro atoms. The van der Waals surface area contributed by atoms with Gasteiger partial charge in [-0.15, -0.1) is 0 Å². The van der Waals surface area contributed by atoms with Crippen LogP contribution >= 0.6 is 0 Å². The molecule has 8 aromatic heterocycles. The van der Waals surface area contributed by atoms with Crippen LogP contribution in [0.3, 0.4) is 0 Å². The lowest BCUT2D eigenvalue weighted by molar-refractivity contribution is 0.0590. The van der Waals surface area contributed by atoms with E-state index in [0.29, 0.717) is 131 Å². The number of allylic oxidation sites excluding steroid dienone is 2. The number of aliphatic hydroxyl groups is 6. The molecule has 3 saturated carbocycles. The maximum absolute atomic E-state index is 11.8. The lowest BCUT2D eigenvalue weighted by Gasteiger charge is -2.15. The Kier molecular flexibility index (Phi) is 35.7. The van der Waals surface area contributed by atoms with Gasteiger partial charge in [-0.25, -0.2) is 38.4 Å². The Morgan fingerprint density at radius 3 is 0.898 bits per heavy atom. The third kappa shape index (κ3) is 26.6. The number of hydrogen-bond donors (Lipinski definition) is 10. The summed E-state index contributed by atoms with van der Waals surface area (Å²) in [4.78, 5) is 125. The van der Waals surface area contributed by atoms with Crippen molar-refractivity contribution in [3.8, 4) is 5.75 Å². The zero-order valence-electron chi connectivity index (χ0n) is 83.9. The topological polar surface area (TPSA) is 488 Å². The Morgan fingerprint density at radius 1 is 0.327 bits per heavy atom. The van der Waals surface area contributed by atoms with Gasteiger partial charge in [0.05, 0.1) is 162 Å². The largest absolute Gasteiger partial charge is 0.497 e. The van der Waals surface area contributed by atoms with Gasteiger partial charge < -0.3 is 74.7 Å². The van der Waals surface area contributed by atoms with Crippen molar-refractivity contribution in [3.63, 3.8) is 0 Å². The number of pyridine rings is 8. The Morgan fingerprint density at radius 2 is 0.599 bits per heavy atom. The summed E-state index contributed by atoms with van der Waals surface area (Å²) in [6.45, 7) is 11.8. The maximum Gasteiger partial charge on any atom is 0.338 e. The molecule has 0 bridgehead atoms. The summed E-state index contributed by atoms with van der Waals surface area (Å²) >= 11 is 0. The fourth-order valence-electron chi connectivity index (χ4n) is 19.0. The molecule has 10 N–H and O–H groups in total. The average Bonchev–Trinajstić information content (AvgIpc) is 1.63. The van der Waals surface area contributed by atoms with Crippen LogP contribution in [0.2, 0.25) is 0 Å². The van der Waals surface area contributed by atoms with Crippen LogP contribution in [0.4, 0.5) is 0 Å². The van der Waals surface area contributed by atoms with Gasteiger partial charge in [0.25, 0.3) is 0 Å². The molecule has 11 aliphatic rings. The maximum atomic E-state index is 11.8.